The molecule has 0 heterocycles. The molecular formula is C13H24N2O3. The monoisotopic (exact) mass is 256 g/mol. The van der Waals surface area contributed by atoms with Gasteiger partial charge in [-0.2, -0.15) is 0 Å². The van der Waals surface area contributed by atoms with Gasteiger partial charge < -0.3 is 16.2 Å². The fraction of sp³-hybridized carbons (Fsp3) is 0.846. The molecule has 1 aliphatic carbocycles. The molecular weight excluding hydrogens is 232 g/mol. The molecule has 1 saturated carbocycles. The van der Waals surface area contributed by atoms with Crippen LogP contribution in [0, 0.1) is 11.3 Å². The van der Waals surface area contributed by atoms with Crippen LogP contribution in [0.2, 0.25) is 0 Å². The second-order valence-electron chi connectivity index (χ2n) is 5.20. The van der Waals surface area contributed by atoms with Crippen molar-refractivity contribution in [1.29, 1.82) is 0 Å². The van der Waals surface area contributed by atoms with Gasteiger partial charge in [0.15, 0.2) is 0 Å². The highest BCUT2D eigenvalue weighted by Gasteiger charge is 2.40. The van der Waals surface area contributed by atoms with E-state index < -0.39 is 11.4 Å². The molecule has 0 aromatic rings. The predicted molar refractivity (Wildman–Crippen MR) is 69.0 cm³/mol. The van der Waals surface area contributed by atoms with Crippen molar-refractivity contribution in [3.05, 3.63) is 0 Å². The Kier molecular flexibility index (Phi) is 5.59. The van der Waals surface area contributed by atoms with Crippen LogP contribution in [0.3, 0.4) is 0 Å². The first-order valence-corrected chi connectivity index (χ1v) is 6.77. The van der Waals surface area contributed by atoms with E-state index in [0.717, 1.165) is 19.3 Å². The average molecular weight is 256 g/mol. The van der Waals surface area contributed by atoms with Gasteiger partial charge in [0, 0.05) is 19.0 Å². The van der Waals surface area contributed by atoms with Crippen molar-refractivity contribution >= 4 is 11.9 Å². The second-order valence-corrected chi connectivity index (χ2v) is 5.20. The van der Waals surface area contributed by atoms with Crippen LogP contribution in [-0.4, -0.2) is 30.1 Å². The van der Waals surface area contributed by atoms with Gasteiger partial charge in [-0.05, 0) is 19.3 Å². The SMILES string of the molecule is CCC(CN)C(=O)NCC1(C(=O)O)CCCCC1. The van der Waals surface area contributed by atoms with E-state index in [-0.39, 0.29) is 18.4 Å². The molecule has 0 spiro atoms. The van der Waals surface area contributed by atoms with Crippen LogP contribution in [0.1, 0.15) is 45.4 Å². The van der Waals surface area contributed by atoms with Crippen molar-refractivity contribution in [3.8, 4) is 0 Å². The lowest BCUT2D eigenvalue weighted by atomic mass is 9.74. The van der Waals surface area contributed by atoms with Crippen LogP contribution in [0.4, 0.5) is 0 Å². The Morgan fingerprint density at radius 3 is 2.39 bits per heavy atom. The van der Waals surface area contributed by atoms with Gasteiger partial charge in [-0.15, -0.1) is 0 Å². The molecule has 1 atom stereocenters. The van der Waals surface area contributed by atoms with Gasteiger partial charge in [0.25, 0.3) is 0 Å². The van der Waals surface area contributed by atoms with E-state index in [1.165, 1.54) is 0 Å². The van der Waals surface area contributed by atoms with Crippen LogP contribution in [0.25, 0.3) is 0 Å². The number of carbonyl (C=O) groups is 2. The Balaban J connectivity index is 2.57. The number of hydrogen-bond donors (Lipinski definition) is 3. The molecule has 1 fully saturated rings. The van der Waals surface area contributed by atoms with Crippen LogP contribution >= 0.6 is 0 Å². The lowest BCUT2D eigenvalue weighted by Gasteiger charge is -2.33. The molecule has 0 aliphatic heterocycles. The Hall–Kier alpha value is -1.10. The molecule has 1 unspecified atom stereocenters. The third kappa shape index (κ3) is 3.45. The number of nitrogens with two attached hydrogens (primary N) is 1. The Morgan fingerprint density at radius 2 is 1.94 bits per heavy atom. The van der Waals surface area contributed by atoms with E-state index >= 15 is 0 Å². The summed E-state index contributed by atoms with van der Waals surface area (Å²) in [5.41, 5.74) is 4.75. The number of carboxylic acids is 1. The molecule has 0 saturated heterocycles. The van der Waals surface area contributed by atoms with Gasteiger partial charge >= 0.3 is 5.97 Å². The van der Waals surface area contributed by atoms with E-state index in [9.17, 15) is 14.7 Å². The molecule has 1 rings (SSSR count). The van der Waals surface area contributed by atoms with Crippen LogP contribution in [-0.2, 0) is 9.59 Å². The smallest absolute Gasteiger partial charge is 0.311 e. The summed E-state index contributed by atoms with van der Waals surface area (Å²) in [6, 6.07) is 0. The van der Waals surface area contributed by atoms with Gasteiger partial charge in [0.1, 0.15) is 0 Å². The molecule has 5 nitrogen and oxygen atoms in total. The molecule has 0 bridgehead atoms. The van der Waals surface area contributed by atoms with Crippen LogP contribution < -0.4 is 11.1 Å². The summed E-state index contributed by atoms with van der Waals surface area (Å²) in [5.74, 6) is -1.12. The zero-order chi connectivity index (χ0) is 13.6. The van der Waals surface area contributed by atoms with E-state index in [1.807, 2.05) is 6.92 Å². The molecule has 18 heavy (non-hydrogen) atoms. The highest BCUT2D eigenvalue weighted by Crippen LogP contribution is 2.36. The maximum absolute atomic E-state index is 11.8. The molecule has 1 aliphatic rings. The fourth-order valence-electron chi connectivity index (χ4n) is 2.55. The first-order valence-electron chi connectivity index (χ1n) is 6.77. The average Bonchev–Trinajstić information content (AvgIpc) is 2.38. The van der Waals surface area contributed by atoms with Gasteiger partial charge in [-0.1, -0.05) is 26.2 Å². The maximum atomic E-state index is 11.8. The highest BCUT2D eigenvalue weighted by atomic mass is 16.4. The largest absolute Gasteiger partial charge is 0.481 e. The van der Waals surface area contributed by atoms with Crippen LogP contribution in [0.15, 0.2) is 0 Å². The van der Waals surface area contributed by atoms with Crippen LogP contribution in [0.5, 0.6) is 0 Å². The molecule has 4 N–H and O–H groups in total. The summed E-state index contributed by atoms with van der Waals surface area (Å²) >= 11 is 0. The zero-order valence-corrected chi connectivity index (χ0v) is 11.1. The summed E-state index contributed by atoms with van der Waals surface area (Å²) < 4.78 is 0. The Morgan fingerprint density at radius 1 is 1.33 bits per heavy atom. The van der Waals surface area contributed by atoms with Crippen molar-refractivity contribution in [2.75, 3.05) is 13.1 Å². The predicted octanol–water partition coefficient (Wildman–Crippen LogP) is 1.12. The lowest BCUT2D eigenvalue weighted by Crippen LogP contribution is -2.46. The fourth-order valence-corrected chi connectivity index (χ4v) is 2.55. The number of amides is 1. The maximum Gasteiger partial charge on any atom is 0.311 e. The lowest BCUT2D eigenvalue weighted by molar-refractivity contribution is -0.151. The quantitative estimate of drug-likeness (QED) is 0.664. The zero-order valence-electron chi connectivity index (χ0n) is 11.1. The third-order valence-electron chi connectivity index (χ3n) is 4.01. The van der Waals surface area contributed by atoms with E-state index in [1.54, 1.807) is 0 Å². The molecule has 0 radical (unpaired) electrons. The number of aliphatic carboxylic acids is 1. The van der Waals surface area contributed by atoms with E-state index in [4.69, 9.17) is 5.73 Å². The minimum Gasteiger partial charge on any atom is -0.481 e. The summed E-state index contributed by atoms with van der Waals surface area (Å²) in [5, 5.41) is 12.2. The van der Waals surface area contributed by atoms with Gasteiger partial charge in [0.2, 0.25) is 5.91 Å². The number of nitrogens with one attached hydrogen (secondary N) is 1. The van der Waals surface area contributed by atoms with E-state index in [0.29, 0.717) is 25.8 Å². The normalized spacial score (nSPS) is 20.1. The van der Waals surface area contributed by atoms with Crippen molar-refractivity contribution in [2.24, 2.45) is 17.1 Å². The minimum atomic E-state index is -0.789. The summed E-state index contributed by atoms with van der Waals surface area (Å²) in [4.78, 5) is 23.3. The van der Waals surface area contributed by atoms with Crippen molar-refractivity contribution in [2.45, 2.75) is 45.4 Å². The molecule has 1 amide bonds. The van der Waals surface area contributed by atoms with Crippen molar-refractivity contribution < 1.29 is 14.7 Å². The Labute approximate surface area is 108 Å². The second kappa shape index (κ2) is 6.73. The molecule has 0 aromatic carbocycles. The molecule has 5 heteroatoms. The highest BCUT2D eigenvalue weighted by molar-refractivity contribution is 5.80. The third-order valence-corrected chi connectivity index (χ3v) is 4.01. The number of rotatable bonds is 6. The van der Waals surface area contributed by atoms with Gasteiger partial charge in [0.05, 0.1) is 5.41 Å². The van der Waals surface area contributed by atoms with Gasteiger partial charge in [-0.3, -0.25) is 9.59 Å². The first-order chi connectivity index (χ1) is 8.55. The number of carboxylic acid groups (broad SMARTS) is 1. The number of carbonyl (C=O) groups excluding carboxylic acids is 1. The van der Waals surface area contributed by atoms with Crippen molar-refractivity contribution in [3.63, 3.8) is 0 Å². The minimum absolute atomic E-state index is 0.119. The van der Waals surface area contributed by atoms with Gasteiger partial charge in [-0.25, -0.2) is 0 Å². The topological polar surface area (TPSA) is 92.4 Å². The molecule has 104 valence electrons. The van der Waals surface area contributed by atoms with E-state index in [2.05, 4.69) is 5.32 Å². The number of hydrogen-bond acceptors (Lipinski definition) is 3. The summed E-state index contributed by atoms with van der Waals surface area (Å²) in [7, 11) is 0. The first kappa shape index (κ1) is 15.0. The molecule has 0 aromatic heterocycles. The standard InChI is InChI=1S/C13H24N2O3/c1-2-10(8-14)11(16)15-9-13(12(17)18)6-4-3-5-7-13/h10H,2-9,14H2,1H3,(H,15,16)(H,17,18). The summed E-state index contributed by atoms with van der Waals surface area (Å²) in [6.07, 6.45) is 4.93. The van der Waals surface area contributed by atoms with Crippen molar-refractivity contribution in [1.82, 2.24) is 5.32 Å². The Bertz CT molecular complexity index is 295. The summed E-state index contributed by atoms with van der Waals surface area (Å²) in [6.45, 7) is 2.45.